The topological polar surface area (TPSA) is 0 Å². The molecule has 0 nitrogen and oxygen atoms in total. The summed E-state index contributed by atoms with van der Waals surface area (Å²) in [7, 11) is 0. The van der Waals surface area contributed by atoms with Crippen LogP contribution in [0.1, 0.15) is 0 Å². The van der Waals surface area contributed by atoms with Crippen molar-refractivity contribution in [3.8, 4) is 0 Å². The van der Waals surface area contributed by atoms with Gasteiger partial charge >= 0.3 is 23.4 Å². The van der Waals surface area contributed by atoms with Gasteiger partial charge in [-0.05, 0) is 11.6 Å². The van der Waals surface area contributed by atoms with Gasteiger partial charge in [-0.25, -0.2) is 4.39 Å². The van der Waals surface area contributed by atoms with E-state index in [4.69, 9.17) is 0 Å². The van der Waals surface area contributed by atoms with Gasteiger partial charge in [0.2, 0.25) is 0 Å². The molecule has 0 rings (SSSR count). The molecule has 0 aromatic heterocycles. The van der Waals surface area contributed by atoms with Crippen LogP contribution in [0.2, 0.25) is 0 Å². The molecular formula is C6H4Cl2F10. The van der Waals surface area contributed by atoms with Gasteiger partial charge in [0.15, 0.2) is 6.67 Å². The lowest BCUT2D eigenvalue weighted by molar-refractivity contribution is -0.271. The Bertz CT molecular complexity index is 216. The summed E-state index contributed by atoms with van der Waals surface area (Å²) >= 11 is 8.11. The number of hydrogen-bond donors (Lipinski definition) is 0. The fourth-order valence-electron chi connectivity index (χ4n) is 0.152. The van der Waals surface area contributed by atoms with Gasteiger partial charge in [0, 0.05) is 0 Å². The Morgan fingerprint density at radius 1 is 0.722 bits per heavy atom. The first kappa shape index (κ1) is 20.2. The van der Waals surface area contributed by atoms with Crippen molar-refractivity contribution in [1.29, 1.82) is 0 Å². The Morgan fingerprint density at radius 2 is 1.06 bits per heavy atom. The largest absolute Gasteiger partial charge is 0.454 e. The first-order valence-electron chi connectivity index (χ1n) is 3.63. The van der Waals surface area contributed by atoms with E-state index in [0.717, 1.165) is 0 Å². The number of alkyl halides is 12. The second-order valence-electron chi connectivity index (χ2n) is 2.67. The molecule has 12 heteroatoms. The van der Waals surface area contributed by atoms with E-state index in [2.05, 4.69) is 23.2 Å². The van der Waals surface area contributed by atoms with Crippen LogP contribution in [0.15, 0.2) is 0 Å². The van der Waals surface area contributed by atoms with Crippen LogP contribution in [0.3, 0.4) is 0 Å². The average molecular weight is 337 g/mol. The van der Waals surface area contributed by atoms with Crippen molar-refractivity contribution in [3.05, 3.63) is 0 Å². The zero-order chi connectivity index (χ0) is 15.4. The molecule has 0 amide bonds. The van der Waals surface area contributed by atoms with Gasteiger partial charge in [-0.1, -0.05) is 0 Å². The molecule has 0 aliphatic heterocycles. The van der Waals surface area contributed by atoms with E-state index in [1.807, 2.05) is 0 Å². The van der Waals surface area contributed by atoms with Crippen LogP contribution in [0.5, 0.6) is 0 Å². The molecule has 0 spiro atoms. The Hall–Kier alpha value is -0.120. The summed E-state index contributed by atoms with van der Waals surface area (Å²) in [6.45, 7) is -2.45. The van der Waals surface area contributed by atoms with Crippen molar-refractivity contribution in [1.82, 2.24) is 0 Å². The molecule has 0 radical (unpaired) electrons. The molecule has 0 aromatic rings. The average Bonchev–Trinajstić information content (AvgIpc) is 2.15. The summed E-state index contributed by atoms with van der Waals surface area (Å²) in [5.74, 6) is -11.2. The monoisotopic (exact) mass is 336 g/mol. The van der Waals surface area contributed by atoms with Crippen LogP contribution in [-0.2, 0) is 0 Å². The highest BCUT2D eigenvalue weighted by atomic mass is 35.5. The standard InChI is InChI=1S/2C3H2ClF5/c4-3(8,9)2(6,7)1-5;4-1-2(5,6)3(7,8)9/h2*1H2. The molecule has 0 bridgehead atoms. The van der Waals surface area contributed by atoms with Crippen LogP contribution in [0.25, 0.3) is 0 Å². The van der Waals surface area contributed by atoms with Crippen LogP contribution >= 0.6 is 23.2 Å². The Balaban J connectivity index is 0. The Morgan fingerprint density at radius 3 is 1.06 bits per heavy atom. The van der Waals surface area contributed by atoms with Crippen LogP contribution in [0.4, 0.5) is 43.9 Å². The fourth-order valence-corrected chi connectivity index (χ4v) is 0.354. The van der Waals surface area contributed by atoms with Gasteiger partial charge in [-0.3, -0.25) is 0 Å². The second-order valence-corrected chi connectivity index (χ2v) is 3.41. The van der Waals surface area contributed by atoms with Crippen molar-refractivity contribution in [2.45, 2.75) is 23.4 Å². The summed E-state index contributed by atoms with van der Waals surface area (Å²) in [5, 5.41) is -4.79. The van der Waals surface area contributed by atoms with Crippen molar-refractivity contribution < 1.29 is 43.9 Å². The van der Waals surface area contributed by atoms with Crippen LogP contribution in [0, 0.1) is 0 Å². The molecule has 0 heterocycles. The maximum Gasteiger partial charge on any atom is 0.454 e. The summed E-state index contributed by atoms with van der Waals surface area (Å²) in [6.07, 6.45) is -5.52. The SMILES string of the molecule is FC(F)(F)C(F)(F)CCl.FCC(F)(F)C(F)(F)Cl. The summed E-state index contributed by atoms with van der Waals surface area (Å²) in [4.78, 5) is 0. The van der Waals surface area contributed by atoms with Gasteiger partial charge in [0.05, 0.1) is 5.88 Å². The van der Waals surface area contributed by atoms with Gasteiger partial charge < -0.3 is 0 Å². The lowest BCUT2D eigenvalue weighted by atomic mass is 10.4. The van der Waals surface area contributed by atoms with Crippen LogP contribution < -0.4 is 0 Å². The van der Waals surface area contributed by atoms with Crippen molar-refractivity contribution >= 4 is 23.2 Å². The van der Waals surface area contributed by atoms with E-state index >= 15 is 0 Å². The van der Waals surface area contributed by atoms with Crippen molar-refractivity contribution in [2.24, 2.45) is 0 Å². The molecule has 0 aliphatic rings. The third kappa shape index (κ3) is 6.17. The lowest BCUT2D eigenvalue weighted by Gasteiger charge is -2.16. The normalized spacial score (nSPS) is 14.0. The lowest BCUT2D eigenvalue weighted by Crippen LogP contribution is -2.37. The molecular weight excluding hydrogens is 333 g/mol. The Labute approximate surface area is 104 Å². The first-order valence-corrected chi connectivity index (χ1v) is 4.54. The van der Waals surface area contributed by atoms with E-state index in [-0.39, 0.29) is 0 Å². The molecule has 0 aromatic carbocycles. The molecule has 0 N–H and O–H groups in total. The Kier molecular flexibility index (Phi) is 7.13. The first-order chi connectivity index (χ1) is 7.62. The summed E-state index contributed by atoms with van der Waals surface area (Å²) in [6, 6.07) is 0. The highest BCUT2D eigenvalue weighted by Gasteiger charge is 2.56. The van der Waals surface area contributed by atoms with E-state index < -0.39 is 36.0 Å². The highest BCUT2D eigenvalue weighted by molar-refractivity contribution is 6.22. The smallest absolute Gasteiger partial charge is 0.244 e. The molecule has 0 aliphatic carbocycles. The molecule has 0 unspecified atom stereocenters. The molecule has 0 fully saturated rings. The van der Waals surface area contributed by atoms with E-state index in [9.17, 15) is 43.9 Å². The van der Waals surface area contributed by atoms with Crippen molar-refractivity contribution in [2.75, 3.05) is 12.6 Å². The molecule has 0 saturated carbocycles. The minimum atomic E-state index is -5.52. The summed E-state index contributed by atoms with van der Waals surface area (Å²) < 4.78 is 112. The van der Waals surface area contributed by atoms with Gasteiger partial charge in [-0.2, -0.15) is 39.5 Å². The second kappa shape index (κ2) is 6.36. The predicted molar refractivity (Wildman–Crippen MR) is 43.4 cm³/mol. The zero-order valence-electron chi connectivity index (χ0n) is 7.95. The number of halogens is 12. The van der Waals surface area contributed by atoms with Crippen LogP contribution in [-0.4, -0.2) is 36.0 Å². The minimum absolute atomic E-state index is 1.73. The molecule has 0 saturated heterocycles. The third-order valence-electron chi connectivity index (χ3n) is 1.17. The van der Waals surface area contributed by atoms with Crippen molar-refractivity contribution in [3.63, 3.8) is 0 Å². The maximum atomic E-state index is 11.4. The summed E-state index contributed by atoms with van der Waals surface area (Å²) in [5.41, 5.74) is 0. The third-order valence-corrected chi connectivity index (χ3v) is 1.78. The highest BCUT2D eigenvalue weighted by Crippen LogP contribution is 2.37. The maximum absolute atomic E-state index is 11.4. The van der Waals surface area contributed by atoms with E-state index in [1.54, 1.807) is 0 Å². The molecule has 0 atom stereocenters. The fraction of sp³-hybridized carbons (Fsp3) is 1.00. The molecule has 18 heavy (non-hydrogen) atoms. The quantitative estimate of drug-likeness (QED) is 0.510. The number of rotatable bonds is 3. The minimum Gasteiger partial charge on any atom is -0.244 e. The van der Waals surface area contributed by atoms with Gasteiger partial charge in [0.1, 0.15) is 0 Å². The van der Waals surface area contributed by atoms with Gasteiger partial charge in [0.25, 0.3) is 0 Å². The molecule has 112 valence electrons. The van der Waals surface area contributed by atoms with E-state index in [1.165, 1.54) is 0 Å². The van der Waals surface area contributed by atoms with Gasteiger partial charge in [-0.15, -0.1) is 11.6 Å². The van der Waals surface area contributed by atoms with E-state index in [0.29, 0.717) is 0 Å². The zero-order valence-corrected chi connectivity index (χ0v) is 9.46. The number of hydrogen-bond acceptors (Lipinski definition) is 0. The predicted octanol–water partition coefficient (Wildman–Crippen LogP) is 4.85.